The van der Waals surface area contributed by atoms with Gasteiger partial charge in [0.05, 0.1) is 6.54 Å². The molecular formula is C12H13F3N2O4. The number of alkyl halides is 3. The number of carboxylic acids is 1. The molecule has 1 aromatic heterocycles. The maximum absolute atomic E-state index is 12.3. The molecule has 0 radical (unpaired) electrons. The molecule has 0 spiro atoms. The molecular weight excluding hydrogens is 293 g/mol. The topological polar surface area (TPSA) is 92.4 Å². The zero-order valence-corrected chi connectivity index (χ0v) is 10.8. The molecule has 1 amide bonds. The van der Waals surface area contributed by atoms with Crippen LogP contribution in [0.4, 0.5) is 13.2 Å². The number of hydrogen-bond donors (Lipinski definition) is 2. The molecule has 2 N–H and O–H groups in total. The SMILES string of the molecule is O=C(O)CC1CC(C(=O)NCc2cc(C(F)(F)F)no2)C1. The van der Waals surface area contributed by atoms with Crippen molar-refractivity contribution in [2.45, 2.75) is 32.0 Å². The van der Waals surface area contributed by atoms with E-state index in [0.29, 0.717) is 12.8 Å². The summed E-state index contributed by atoms with van der Waals surface area (Å²) in [5, 5.41) is 13.9. The average Bonchev–Trinajstić information content (AvgIpc) is 2.78. The zero-order valence-electron chi connectivity index (χ0n) is 10.8. The minimum atomic E-state index is -4.58. The normalized spacial score (nSPS) is 21.7. The highest BCUT2D eigenvalue weighted by Crippen LogP contribution is 2.36. The quantitative estimate of drug-likeness (QED) is 0.865. The Morgan fingerprint density at radius 1 is 1.43 bits per heavy atom. The third kappa shape index (κ3) is 3.96. The van der Waals surface area contributed by atoms with Crippen LogP contribution in [0.1, 0.15) is 30.7 Å². The van der Waals surface area contributed by atoms with E-state index in [9.17, 15) is 22.8 Å². The van der Waals surface area contributed by atoms with E-state index in [-0.39, 0.29) is 36.5 Å². The number of carbonyl (C=O) groups is 2. The predicted molar refractivity (Wildman–Crippen MR) is 61.8 cm³/mol. The van der Waals surface area contributed by atoms with E-state index in [1.807, 2.05) is 0 Å². The maximum atomic E-state index is 12.3. The molecule has 2 rings (SSSR count). The Morgan fingerprint density at radius 3 is 2.62 bits per heavy atom. The summed E-state index contributed by atoms with van der Waals surface area (Å²) in [7, 11) is 0. The van der Waals surface area contributed by atoms with Crippen LogP contribution in [0.5, 0.6) is 0 Å². The van der Waals surface area contributed by atoms with Gasteiger partial charge in [-0.25, -0.2) is 0 Å². The van der Waals surface area contributed by atoms with Crippen LogP contribution in [0.15, 0.2) is 10.6 Å². The molecule has 0 unspecified atom stereocenters. The van der Waals surface area contributed by atoms with Gasteiger partial charge in [0.1, 0.15) is 0 Å². The summed E-state index contributed by atoms with van der Waals surface area (Å²) < 4.78 is 41.3. The van der Waals surface area contributed by atoms with Gasteiger partial charge in [-0.15, -0.1) is 0 Å². The van der Waals surface area contributed by atoms with Crippen molar-refractivity contribution in [2.75, 3.05) is 0 Å². The van der Waals surface area contributed by atoms with Gasteiger partial charge in [-0.2, -0.15) is 13.2 Å². The smallest absolute Gasteiger partial charge is 0.436 e. The number of halogens is 3. The third-order valence-corrected chi connectivity index (χ3v) is 3.36. The lowest BCUT2D eigenvalue weighted by atomic mass is 9.73. The predicted octanol–water partition coefficient (Wildman–Crippen LogP) is 1.81. The van der Waals surface area contributed by atoms with Crippen LogP contribution in [-0.2, 0) is 22.3 Å². The molecule has 1 aliphatic carbocycles. The molecule has 1 aliphatic rings. The van der Waals surface area contributed by atoms with E-state index < -0.39 is 17.8 Å². The highest BCUT2D eigenvalue weighted by molar-refractivity contribution is 5.79. The summed E-state index contributed by atoms with van der Waals surface area (Å²) in [6.45, 7) is -0.179. The fourth-order valence-electron chi connectivity index (χ4n) is 2.21. The van der Waals surface area contributed by atoms with Crippen molar-refractivity contribution < 1.29 is 32.4 Å². The fraction of sp³-hybridized carbons (Fsp3) is 0.583. The van der Waals surface area contributed by atoms with Gasteiger partial charge in [0.25, 0.3) is 0 Å². The van der Waals surface area contributed by atoms with Crippen molar-refractivity contribution in [1.29, 1.82) is 0 Å². The minimum Gasteiger partial charge on any atom is -0.481 e. The summed E-state index contributed by atoms with van der Waals surface area (Å²) in [6.07, 6.45) is -3.60. The van der Waals surface area contributed by atoms with Gasteiger partial charge in [-0.05, 0) is 18.8 Å². The molecule has 1 aromatic rings. The van der Waals surface area contributed by atoms with E-state index in [4.69, 9.17) is 5.11 Å². The summed E-state index contributed by atoms with van der Waals surface area (Å²) in [6, 6.07) is 0.730. The molecule has 6 nitrogen and oxygen atoms in total. The zero-order chi connectivity index (χ0) is 15.6. The molecule has 116 valence electrons. The van der Waals surface area contributed by atoms with Gasteiger partial charge in [0.2, 0.25) is 5.91 Å². The van der Waals surface area contributed by atoms with Gasteiger partial charge in [-0.3, -0.25) is 9.59 Å². The van der Waals surface area contributed by atoms with E-state index >= 15 is 0 Å². The van der Waals surface area contributed by atoms with Crippen LogP contribution >= 0.6 is 0 Å². The van der Waals surface area contributed by atoms with Gasteiger partial charge in [0.15, 0.2) is 11.5 Å². The summed E-state index contributed by atoms with van der Waals surface area (Å²) >= 11 is 0. The summed E-state index contributed by atoms with van der Waals surface area (Å²) in [5.41, 5.74) is -1.14. The monoisotopic (exact) mass is 306 g/mol. The number of carbonyl (C=O) groups excluding carboxylic acids is 1. The van der Waals surface area contributed by atoms with Crippen molar-refractivity contribution in [3.63, 3.8) is 0 Å². The fourth-order valence-corrected chi connectivity index (χ4v) is 2.21. The highest BCUT2D eigenvalue weighted by Gasteiger charge is 2.36. The van der Waals surface area contributed by atoms with E-state index in [0.717, 1.165) is 6.07 Å². The molecule has 1 saturated carbocycles. The molecule has 9 heteroatoms. The minimum absolute atomic E-state index is 0.0136. The Hall–Kier alpha value is -2.06. The van der Waals surface area contributed by atoms with Crippen LogP contribution in [0.3, 0.4) is 0 Å². The Morgan fingerprint density at radius 2 is 2.10 bits per heavy atom. The molecule has 0 saturated heterocycles. The number of aliphatic carboxylic acids is 1. The maximum Gasteiger partial charge on any atom is 0.436 e. The van der Waals surface area contributed by atoms with Crippen molar-refractivity contribution in [3.8, 4) is 0 Å². The highest BCUT2D eigenvalue weighted by atomic mass is 19.4. The number of aromatic nitrogens is 1. The lowest BCUT2D eigenvalue weighted by molar-refractivity contribution is -0.142. The van der Waals surface area contributed by atoms with Crippen LogP contribution in [-0.4, -0.2) is 22.1 Å². The summed E-state index contributed by atoms with van der Waals surface area (Å²) in [5.74, 6) is -1.61. The first kappa shape index (κ1) is 15.3. The third-order valence-electron chi connectivity index (χ3n) is 3.36. The van der Waals surface area contributed by atoms with Crippen molar-refractivity contribution >= 4 is 11.9 Å². The second-order valence-electron chi connectivity index (χ2n) is 5.03. The lowest BCUT2D eigenvalue weighted by Crippen LogP contribution is -2.39. The van der Waals surface area contributed by atoms with E-state index in [2.05, 4.69) is 15.0 Å². The van der Waals surface area contributed by atoms with Crippen molar-refractivity contribution in [3.05, 3.63) is 17.5 Å². The van der Waals surface area contributed by atoms with Gasteiger partial charge >= 0.3 is 12.1 Å². The number of hydrogen-bond acceptors (Lipinski definition) is 4. The largest absolute Gasteiger partial charge is 0.481 e. The molecule has 21 heavy (non-hydrogen) atoms. The summed E-state index contributed by atoms with van der Waals surface area (Å²) in [4.78, 5) is 22.2. The van der Waals surface area contributed by atoms with Crippen LogP contribution in [0.25, 0.3) is 0 Å². The standard InChI is InChI=1S/C12H13F3N2O4/c13-12(14,15)9-4-8(21-17-9)5-16-11(20)7-1-6(2-7)3-10(18)19/h4,6-7H,1-3,5H2,(H,16,20)(H,18,19). The second kappa shape index (κ2) is 5.74. The van der Waals surface area contributed by atoms with Gasteiger partial charge < -0.3 is 14.9 Å². The number of rotatable bonds is 5. The van der Waals surface area contributed by atoms with E-state index in [1.165, 1.54) is 0 Å². The lowest BCUT2D eigenvalue weighted by Gasteiger charge is -2.33. The molecule has 1 fully saturated rings. The van der Waals surface area contributed by atoms with Crippen LogP contribution < -0.4 is 5.32 Å². The first-order chi connectivity index (χ1) is 9.75. The molecule has 0 bridgehead atoms. The number of nitrogens with zero attached hydrogens (tertiary/aromatic N) is 1. The van der Waals surface area contributed by atoms with Crippen LogP contribution in [0, 0.1) is 11.8 Å². The first-order valence-corrected chi connectivity index (χ1v) is 6.28. The number of carboxylic acid groups (broad SMARTS) is 1. The second-order valence-corrected chi connectivity index (χ2v) is 5.03. The molecule has 0 atom stereocenters. The Bertz CT molecular complexity index is 535. The van der Waals surface area contributed by atoms with Crippen LogP contribution in [0.2, 0.25) is 0 Å². The Labute approximate surface area is 117 Å². The van der Waals surface area contributed by atoms with Gasteiger partial charge in [-0.1, -0.05) is 5.16 Å². The average molecular weight is 306 g/mol. The Balaban J connectivity index is 1.75. The van der Waals surface area contributed by atoms with Gasteiger partial charge in [0, 0.05) is 18.4 Å². The van der Waals surface area contributed by atoms with Crippen molar-refractivity contribution in [1.82, 2.24) is 10.5 Å². The molecule has 1 heterocycles. The Kier molecular flexibility index (Phi) is 4.19. The number of nitrogens with one attached hydrogen (secondary N) is 1. The first-order valence-electron chi connectivity index (χ1n) is 6.28. The van der Waals surface area contributed by atoms with Crippen molar-refractivity contribution in [2.24, 2.45) is 11.8 Å². The molecule has 0 aliphatic heterocycles. The van der Waals surface area contributed by atoms with E-state index in [1.54, 1.807) is 0 Å². The molecule has 0 aromatic carbocycles. The number of amides is 1.